The number of nitrogens with one attached hydrogen (secondary N) is 1. The quantitative estimate of drug-likeness (QED) is 0.773. The SMILES string of the molecule is Cc1ccc(Cn2cc(-c3ccncc3)cc2C(=O)NC2CC2)cc1. The Morgan fingerprint density at radius 3 is 2.52 bits per heavy atom. The normalized spacial score (nSPS) is 13.6. The number of carbonyl (C=O) groups is 1. The molecule has 126 valence electrons. The number of hydrogen-bond acceptors (Lipinski definition) is 2. The topological polar surface area (TPSA) is 46.9 Å². The number of pyridine rings is 1. The highest BCUT2D eigenvalue weighted by Crippen LogP contribution is 2.24. The predicted octanol–water partition coefficient (Wildman–Crippen LogP) is 3.80. The monoisotopic (exact) mass is 331 g/mol. The van der Waals surface area contributed by atoms with Crippen LogP contribution in [0.5, 0.6) is 0 Å². The summed E-state index contributed by atoms with van der Waals surface area (Å²) in [6.45, 7) is 2.76. The van der Waals surface area contributed by atoms with Gasteiger partial charge in [-0.1, -0.05) is 29.8 Å². The van der Waals surface area contributed by atoms with Gasteiger partial charge in [0.2, 0.25) is 0 Å². The van der Waals surface area contributed by atoms with Crippen LogP contribution in [0.1, 0.15) is 34.5 Å². The highest BCUT2D eigenvalue weighted by molar-refractivity contribution is 5.94. The van der Waals surface area contributed by atoms with E-state index in [0.717, 1.165) is 24.0 Å². The second kappa shape index (κ2) is 6.55. The van der Waals surface area contributed by atoms with Crippen molar-refractivity contribution < 1.29 is 4.79 Å². The Balaban J connectivity index is 1.68. The van der Waals surface area contributed by atoms with Crippen molar-refractivity contribution in [1.82, 2.24) is 14.9 Å². The molecule has 0 atom stereocenters. The van der Waals surface area contributed by atoms with Gasteiger partial charge < -0.3 is 9.88 Å². The molecule has 4 heteroatoms. The molecule has 0 bridgehead atoms. The van der Waals surface area contributed by atoms with Crippen molar-refractivity contribution in [2.75, 3.05) is 0 Å². The first-order chi connectivity index (χ1) is 12.2. The maximum atomic E-state index is 12.7. The van der Waals surface area contributed by atoms with E-state index >= 15 is 0 Å². The molecule has 0 spiro atoms. The number of amides is 1. The standard InChI is InChI=1S/C21H21N3O/c1-15-2-4-16(5-3-15)13-24-14-18(17-8-10-22-11-9-17)12-20(24)21(25)23-19-6-7-19/h2-5,8-12,14,19H,6-7,13H2,1H3,(H,23,25). The summed E-state index contributed by atoms with van der Waals surface area (Å²) in [5.74, 6) is 0.00918. The highest BCUT2D eigenvalue weighted by atomic mass is 16.2. The summed E-state index contributed by atoms with van der Waals surface area (Å²) in [4.78, 5) is 16.7. The first kappa shape index (κ1) is 15.6. The molecular formula is C21H21N3O. The molecule has 4 nitrogen and oxygen atoms in total. The smallest absolute Gasteiger partial charge is 0.268 e. The third-order valence-electron chi connectivity index (χ3n) is 4.53. The lowest BCUT2D eigenvalue weighted by atomic mass is 10.1. The van der Waals surface area contributed by atoms with Crippen molar-refractivity contribution in [2.24, 2.45) is 0 Å². The van der Waals surface area contributed by atoms with Crippen LogP contribution in [0.4, 0.5) is 0 Å². The van der Waals surface area contributed by atoms with Crippen LogP contribution in [0.15, 0.2) is 61.1 Å². The lowest BCUT2D eigenvalue weighted by molar-refractivity contribution is 0.0942. The van der Waals surface area contributed by atoms with E-state index in [2.05, 4.69) is 47.7 Å². The minimum atomic E-state index is 0.00918. The van der Waals surface area contributed by atoms with E-state index in [-0.39, 0.29) is 5.91 Å². The summed E-state index contributed by atoms with van der Waals surface area (Å²) in [5.41, 5.74) is 5.23. The van der Waals surface area contributed by atoms with Gasteiger partial charge in [-0.05, 0) is 49.1 Å². The fraction of sp³-hybridized carbons (Fsp3) is 0.238. The number of benzene rings is 1. The summed E-state index contributed by atoms with van der Waals surface area (Å²) >= 11 is 0. The fourth-order valence-corrected chi connectivity index (χ4v) is 2.91. The third-order valence-corrected chi connectivity index (χ3v) is 4.53. The van der Waals surface area contributed by atoms with Crippen molar-refractivity contribution in [3.8, 4) is 11.1 Å². The first-order valence-electron chi connectivity index (χ1n) is 8.66. The van der Waals surface area contributed by atoms with Gasteiger partial charge in [0.05, 0.1) is 0 Å². The average Bonchev–Trinajstić information content (AvgIpc) is 3.34. The zero-order valence-corrected chi connectivity index (χ0v) is 14.3. The molecule has 0 aliphatic heterocycles. The molecule has 1 N–H and O–H groups in total. The molecule has 1 aliphatic carbocycles. The van der Waals surface area contributed by atoms with Crippen LogP contribution < -0.4 is 5.32 Å². The van der Waals surface area contributed by atoms with Crippen LogP contribution in [0, 0.1) is 6.92 Å². The van der Waals surface area contributed by atoms with Crippen molar-refractivity contribution in [3.05, 3.63) is 77.9 Å². The number of nitrogens with zero attached hydrogens (tertiary/aromatic N) is 2. The maximum absolute atomic E-state index is 12.7. The number of aromatic nitrogens is 2. The summed E-state index contributed by atoms with van der Waals surface area (Å²) in [6.07, 6.45) is 7.77. The molecule has 1 saturated carbocycles. The molecule has 3 aromatic rings. The molecule has 0 unspecified atom stereocenters. The minimum absolute atomic E-state index is 0.00918. The van der Waals surface area contributed by atoms with Gasteiger partial charge in [-0.25, -0.2) is 0 Å². The highest BCUT2D eigenvalue weighted by Gasteiger charge is 2.25. The Labute approximate surface area is 147 Å². The number of aryl methyl sites for hydroxylation is 1. The minimum Gasteiger partial charge on any atom is -0.348 e. The van der Waals surface area contributed by atoms with Crippen LogP contribution in [0.3, 0.4) is 0 Å². The fourth-order valence-electron chi connectivity index (χ4n) is 2.91. The van der Waals surface area contributed by atoms with Crippen molar-refractivity contribution in [1.29, 1.82) is 0 Å². The molecule has 0 radical (unpaired) electrons. The van der Waals surface area contributed by atoms with Gasteiger partial charge in [0.15, 0.2) is 0 Å². The number of hydrogen-bond donors (Lipinski definition) is 1. The van der Waals surface area contributed by atoms with Crippen molar-refractivity contribution >= 4 is 5.91 Å². The molecule has 4 rings (SSSR count). The Morgan fingerprint density at radius 1 is 1.12 bits per heavy atom. The van der Waals surface area contributed by atoms with E-state index in [1.807, 2.05) is 22.8 Å². The van der Waals surface area contributed by atoms with Crippen LogP contribution in [0.25, 0.3) is 11.1 Å². The van der Waals surface area contributed by atoms with Gasteiger partial charge in [-0.2, -0.15) is 0 Å². The Morgan fingerprint density at radius 2 is 1.84 bits per heavy atom. The molecule has 25 heavy (non-hydrogen) atoms. The molecule has 1 amide bonds. The van der Waals surface area contributed by atoms with Crippen LogP contribution >= 0.6 is 0 Å². The number of carbonyl (C=O) groups excluding carboxylic acids is 1. The number of rotatable bonds is 5. The summed E-state index contributed by atoms with van der Waals surface area (Å²) in [7, 11) is 0. The molecular weight excluding hydrogens is 310 g/mol. The Hall–Kier alpha value is -2.88. The van der Waals surface area contributed by atoms with Gasteiger partial charge >= 0.3 is 0 Å². The molecule has 1 fully saturated rings. The second-order valence-electron chi connectivity index (χ2n) is 6.71. The third kappa shape index (κ3) is 3.63. The van der Waals surface area contributed by atoms with Crippen molar-refractivity contribution in [3.63, 3.8) is 0 Å². The summed E-state index contributed by atoms with van der Waals surface area (Å²) in [5, 5.41) is 3.10. The van der Waals surface area contributed by atoms with Crippen LogP contribution in [0.2, 0.25) is 0 Å². The zero-order valence-electron chi connectivity index (χ0n) is 14.3. The molecule has 2 heterocycles. The summed E-state index contributed by atoms with van der Waals surface area (Å²) < 4.78 is 2.04. The molecule has 1 aromatic carbocycles. The second-order valence-corrected chi connectivity index (χ2v) is 6.71. The molecule has 2 aromatic heterocycles. The van der Waals surface area contributed by atoms with Gasteiger partial charge in [0.1, 0.15) is 5.69 Å². The predicted molar refractivity (Wildman–Crippen MR) is 98.4 cm³/mol. The van der Waals surface area contributed by atoms with Gasteiger partial charge in [0.25, 0.3) is 5.91 Å². The van der Waals surface area contributed by atoms with Crippen LogP contribution in [-0.2, 0) is 6.54 Å². The van der Waals surface area contributed by atoms with E-state index in [1.165, 1.54) is 11.1 Å². The lowest BCUT2D eigenvalue weighted by Crippen LogP contribution is -2.27. The van der Waals surface area contributed by atoms with Gasteiger partial charge in [-0.3, -0.25) is 9.78 Å². The van der Waals surface area contributed by atoms with Gasteiger partial charge in [0, 0.05) is 36.7 Å². The van der Waals surface area contributed by atoms with E-state index in [0.29, 0.717) is 18.3 Å². The van der Waals surface area contributed by atoms with E-state index in [9.17, 15) is 4.79 Å². The van der Waals surface area contributed by atoms with E-state index in [1.54, 1.807) is 12.4 Å². The van der Waals surface area contributed by atoms with Gasteiger partial charge in [-0.15, -0.1) is 0 Å². The first-order valence-corrected chi connectivity index (χ1v) is 8.66. The lowest BCUT2D eigenvalue weighted by Gasteiger charge is -2.09. The van der Waals surface area contributed by atoms with E-state index < -0.39 is 0 Å². The molecule has 1 aliphatic rings. The maximum Gasteiger partial charge on any atom is 0.268 e. The summed E-state index contributed by atoms with van der Waals surface area (Å²) in [6, 6.07) is 14.7. The largest absolute Gasteiger partial charge is 0.348 e. The van der Waals surface area contributed by atoms with Crippen molar-refractivity contribution in [2.45, 2.75) is 32.4 Å². The van der Waals surface area contributed by atoms with Crippen LogP contribution in [-0.4, -0.2) is 21.5 Å². The average molecular weight is 331 g/mol. The molecule has 0 saturated heterocycles. The van der Waals surface area contributed by atoms with E-state index in [4.69, 9.17) is 0 Å². The zero-order chi connectivity index (χ0) is 17.2. The Kier molecular flexibility index (Phi) is 4.10. The Bertz CT molecular complexity index is 877.